The first-order valence-electron chi connectivity index (χ1n) is 6.65. The van der Waals surface area contributed by atoms with Crippen LogP contribution in [0.5, 0.6) is 0 Å². The maximum absolute atomic E-state index is 5.79. The smallest absolute Gasteiger partial charge is 0.374 e. The van der Waals surface area contributed by atoms with Crippen LogP contribution in [0.15, 0.2) is 0 Å². The molecule has 0 spiro atoms. The molecular formula is C11H28O5Si2. The summed E-state index contributed by atoms with van der Waals surface area (Å²) in [6.07, 6.45) is 0. The van der Waals surface area contributed by atoms with Crippen molar-refractivity contribution in [2.75, 3.05) is 34.0 Å². The number of methoxy groups -OCH3 is 2. The molecule has 0 amide bonds. The summed E-state index contributed by atoms with van der Waals surface area (Å²) < 4.78 is 27.8. The predicted octanol–water partition coefficient (Wildman–Crippen LogP) is 1.20. The average molecular weight is 297 g/mol. The Morgan fingerprint density at radius 3 is 1.67 bits per heavy atom. The number of hydrogen-bond donors (Lipinski definition) is 0. The molecular weight excluding hydrogens is 268 g/mol. The molecule has 0 bridgehead atoms. The lowest BCUT2D eigenvalue weighted by molar-refractivity contribution is -0.0441. The molecule has 0 aromatic heterocycles. The third-order valence-electron chi connectivity index (χ3n) is 2.54. The van der Waals surface area contributed by atoms with Crippen molar-refractivity contribution in [2.45, 2.75) is 38.8 Å². The molecule has 110 valence electrons. The highest BCUT2D eigenvalue weighted by Crippen LogP contribution is 2.18. The van der Waals surface area contributed by atoms with E-state index in [0.717, 1.165) is 12.1 Å². The van der Waals surface area contributed by atoms with Crippen molar-refractivity contribution in [3.05, 3.63) is 0 Å². The Kier molecular flexibility index (Phi) is 11.2. The van der Waals surface area contributed by atoms with Crippen molar-refractivity contribution in [1.29, 1.82) is 0 Å². The van der Waals surface area contributed by atoms with Crippen LogP contribution >= 0.6 is 0 Å². The fraction of sp³-hybridized carbons (Fsp3) is 1.00. The van der Waals surface area contributed by atoms with Gasteiger partial charge in [-0.15, -0.1) is 0 Å². The summed E-state index contributed by atoms with van der Waals surface area (Å²) in [5.74, 6) is -0.0263. The van der Waals surface area contributed by atoms with Gasteiger partial charge in [-0.25, -0.2) is 0 Å². The van der Waals surface area contributed by atoms with E-state index in [0.29, 0.717) is 19.8 Å². The van der Waals surface area contributed by atoms with Gasteiger partial charge in [0.2, 0.25) is 0 Å². The first kappa shape index (κ1) is 18.2. The van der Waals surface area contributed by atoms with E-state index in [1.165, 1.54) is 0 Å². The van der Waals surface area contributed by atoms with Gasteiger partial charge >= 0.3 is 8.80 Å². The fourth-order valence-corrected chi connectivity index (χ4v) is 7.17. The summed E-state index contributed by atoms with van der Waals surface area (Å²) in [5, 5.41) is 0. The summed E-state index contributed by atoms with van der Waals surface area (Å²) >= 11 is 0. The van der Waals surface area contributed by atoms with Crippen LogP contribution in [-0.2, 0) is 22.8 Å². The Balaban J connectivity index is 4.28. The molecule has 0 aliphatic rings. The van der Waals surface area contributed by atoms with Crippen molar-refractivity contribution in [3.63, 3.8) is 0 Å². The number of rotatable bonds is 12. The molecule has 0 aromatic carbocycles. The van der Waals surface area contributed by atoms with E-state index in [-0.39, 0.29) is 5.91 Å². The Hall–Kier alpha value is 0.234. The van der Waals surface area contributed by atoms with Crippen molar-refractivity contribution < 1.29 is 22.8 Å². The molecule has 0 aliphatic heterocycles. The van der Waals surface area contributed by atoms with Gasteiger partial charge in [0, 0.05) is 40.1 Å². The SMILES string of the molecule is CCO[Si](CC[SiH2]C(OC)OC)(OCC)OCC. The maximum Gasteiger partial charge on any atom is 0.500 e. The molecule has 0 aliphatic carbocycles. The Bertz CT molecular complexity index is 173. The molecule has 0 saturated heterocycles. The monoisotopic (exact) mass is 296 g/mol. The topological polar surface area (TPSA) is 46.2 Å². The van der Waals surface area contributed by atoms with E-state index in [9.17, 15) is 0 Å². The highest BCUT2D eigenvalue weighted by atomic mass is 28.4. The molecule has 7 heteroatoms. The second kappa shape index (κ2) is 11.1. The molecule has 0 heterocycles. The van der Waals surface area contributed by atoms with Crippen molar-refractivity contribution in [2.24, 2.45) is 0 Å². The third-order valence-corrected chi connectivity index (χ3v) is 8.30. The summed E-state index contributed by atoms with van der Waals surface area (Å²) in [6, 6.07) is 1.90. The van der Waals surface area contributed by atoms with Crippen LogP contribution in [0.25, 0.3) is 0 Å². The minimum Gasteiger partial charge on any atom is -0.374 e. The van der Waals surface area contributed by atoms with E-state index in [4.69, 9.17) is 22.8 Å². The fourth-order valence-electron chi connectivity index (χ4n) is 1.82. The van der Waals surface area contributed by atoms with Crippen LogP contribution < -0.4 is 0 Å². The van der Waals surface area contributed by atoms with Gasteiger partial charge in [0.15, 0.2) is 0 Å². The third kappa shape index (κ3) is 6.98. The van der Waals surface area contributed by atoms with Crippen LogP contribution in [0.3, 0.4) is 0 Å². The van der Waals surface area contributed by atoms with Crippen LogP contribution in [0.1, 0.15) is 20.8 Å². The van der Waals surface area contributed by atoms with Crippen molar-refractivity contribution >= 4 is 18.3 Å². The summed E-state index contributed by atoms with van der Waals surface area (Å²) in [6.45, 7) is 7.82. The standard InChI is InChI=1S/C11H28O5Si2/c1-6-14-18(15-7-2,16-8-3)10-9-17-11(12-4)13-5/h11H,6-10,17H2,1-5H3. The van der Waals surface area contributed by atoms with Gasteiger partial charge in [0.25, 0.3) is 0 Å². The maximum atomic E-state index is 5.79. The highest BCUT2D eigenvalue weighted by Gasteiger charge is 2.39. The summed E-state index contributed by atoms with van der Waals surface area (Å²) in [5.41, 5.74) is 0. The first-order chi connectivity index (χ1) is 8.67. The van der Waals surface area contributed by atoms with Crippen LogP contribution in [-0.4, -0.2) is 58.3 Å². The Labute approximate surface area is 114 Å². The van der Waals surface area contributed by atoms with Crippen molar-refractivity contribution in [1.82, 2.24) is 0 Å². The lowest BCUT2D eigenvalue weighted by Crippen LogP contribution is -2.46. The lowest BCUT2D eigenvalue weighted by atomic mass is 10.9. The molecule has 0 N–H and O–H groups in total. The molecule has 0 atom stereocenters. The van der Waals surface area contributed by atoms with E-state index in [1.807, 2.05) is 20.8 Å². The van der Waals surface area contributed by atoms with Crippen LogP contribution in [0.4, 0.5) is 0 Å². The molecule has 0 saturated carbocycles. The quantitative estimate of drug-likeness (QED) is 0.400. The molecule has 0 radical (unpaired) electrons. The van der Waals surface area contributed by atoms with Gasteiger partial charge in [-0.2, -0.15) is 0 Å². The van der Waals surface area contributed by atoms with E-state index >= 15 is 0 Å². The highest BCUT2D eigenvalue weighted by molar-refractivity contribution is 6.62. The number of ether oxygens (including phenoxy) is 2. The Morgan fingerprint density at radius 1 is 0.889 bits per heavy atom. The molecule has 0 rings (SSSR count). The van der Waals surface area contributed by atoms with Gasteiger partial charge in [-0.05, 0) is 20.8 Å². The second-order valence-electron chi connectivity index (χ2n) is 3.78. The van der Waals surface area contributed by atoms with Gasteiger partial charge in [-0.3, -0.25) is 0 Å². The molecule has 5 nitrogen and oxygen atoms in total. The van der Waals surface area contributed by atoms with Crippen molar-refractivity contribution in [3.8, 4) is 0 Å². The first-order valence-corrected chi connectivity index (χ1v) is 10.4. The largest absolute Gasteiger partial charge is 0.500 e. The molecule has 0 fully saturated rings. The van der Waals surface area contributed by atoms with Gasteiger partial charge in [0.1, 0.15) is 5.91 Å². The van der Waals surface area contributed by atoms with E-state index in [1.54, 1.807) is 14.2 Å². The van der Waals surface area contributed by atoms with Crippen LogP contribution in [0.2, 0.25) is 12.1 Å². The summed E-state index contributed by atoms with van der Waals surface area (Å²) in [7, 11) is 0.441. The normalized spacial score (nSPS) is 13.0. The molecule has 18 heavy (non-hydrogen) atoms. The second-order valence-corrected chi connectivity index (χ2v) is 8.46. The zero-order chi connectivity index (χ0) is 13.9. The zero-order valence-electron chi connectivity index (χ0n) is 12.4. The Morgan fingerprint density at radius 2 is 1.33 bits per heavy atom. The summed E-state index contributed by atoms with van der Waals surface area (Å²) in [4.78, 5) is 0. The van der Waals surface area contributed by atoms with E-state index < -0.39 is 18.3 Å². The van der Waals surface area contributed by atoms with Crippen LogP contribution in [0, 0.1) is 0 Å². The van der Waals surface area contributed by atoms with E-state index in [2.05, 4.69) is 0 Å². The lowest BCUT2D eigenvalue weighted by Gasteiger charge is -2.28. The van der Waals surface area contributed by atoms with Gasteiger partial charge < -0.3 is 22.8 Å². The minimum absolute atomic E-state index is 0.0263. The van der Waals surface area contributed by atoms with Gasteiger partial charge in [0.05, 0.1) is 9.52 Å². The number of hydrogen-bond acceptors (Lipinski definition) is 5. The minimum atomic E-state index is -2.46. The zero-order valence-corrected chi connectivity index (χ0v) is 14.8. The van der Waals surface area contributed by atoms with Gasteiger partial charge in [-0.1, -0.05) is 6.04 Å². The molecule has 0 unspecified atom stereocenters. The average Bonchev–Trinajstić information content (AvgIpc) is 2.36. The molecule has 0 aromatic rings. The predicted molar refractivity (Wildman–Crippen MR) is 76.6 cm³/mol.